The Balaban J connectivity index is 2.07. The molecule has 0 spiro atoms. The van der Waals surface area contributed by atoms with Gasteiger partial charge < -0.3 is 4.74 Å². The summed E-state index contributed by atoms with van der Waals surface area (Å²) in [5.74, 6) is 0.803. The van der Waals surface area contributed by atoms with Crippen molar-refractivity contribution in [3.05, 3.63) is 64.1 Å². The molecule has 0 aliphatic rings. The molecule has 2 aromatic rings. The lowest BCUT2D eigenvalue weighted by molar-refractivity contribution is 0.0798. The van der Waals surface area contributed by atoms with Gasteiger partial charge in [-0.05, 0) is 30.7 Å². The summed E-state index contributed by atoms with van der Waals surface area (Å²) in [6.45, 7) is 2.69. The van der Waals surface area contributed by atoms with Crippen molar-refractivity contribution in [1.29, 1.82) is 0 Å². The van der Waals surface area contributed by atoms with E-state index in [1.165, 1.54) is 5.56 Å². The van der Waals surface area contributed by atoms with Gasteiger partial charge in [0.15, 0.2) is 0 Å². The van der Waals surface area contributed by atoms with E-state index in [1.54, 1.807) is 17.8 Å². The highest BCUT2D eigenvalue weighted by atomic mass is 35.5. The first-order chi connectivity index (χ1) is 9.70. The Labute approximate surface area is 134 Å². The topological polar surface area (TPSA) is 9.23 Å². The third-order valence-corrected chi connectivity index (χ3v) is 4.62. The number of ether oxygens (including phenoxy) is 1. The first kappa shape index (κ1) is 15.7. The van der Waals surface area contributed by atoms with Gasteiger partial charge in [-0.15, -0.1) is 11.8 Å². The van der Waals surface area contributed by atoms with Gasteiger partial charge in [0.05, 0.1) is 11.1 Å². The van der Waals surface area contributed by atoms with E-state index in [4.69, 9.17) is 27.9 Å². The smallest absolute Gasteiger partial charge is 0.0918 e. The maximum absolute atomic E-state index is 6.18. The normalized spacial score (nSPS) is 12.3. The third-order valence-electron chi connectivity index (χ3n) is 2.82. The Morgan fingerprint density at radius 3 is 2.55 bits per heavy atom. The van der Waals surface area contributed by atoms with Gasteiger partial charge in [-0.25, -0.2) is 0 Å². The Morgan fingerprint density at radius 2 is 1.85 bits per heavy atom. The van der Waals surface area contributed by atoms with Crippen LogP contribution in [0.5, 0.6) is 0 Å². The predicted octanol–water partition coefficient (Wildman–Crippen LogP) is 5.86. The highest BCUT2D eigenvalue weighted by molar-refractivity contribution is 7.99. The van der Waals surface area contributed by atoms with Crippen LogP contribution in [0.3, 0.4) is 0 Å². The molecule has 0 bridgehead atoms. The lowest BCUT2D eigenvalue weighted by Gasteiger charge is -2.17. The number of hydrogen-bond donors (Lipinski definition) is 0. The molecule has 2 aromatic carbocycles. The van der Waals surface area contributed by atoms with Crippen LogP contribution in [0.2, 0.25) is 10.0 Å². The molecule has 0 fully saturated rings. The molecule has 1 atom stereocenters. The van der Waals surface area contributed by atoms with E-state index < -0.39 is 0 Å². The zero-order valence-electron chi connectivity index (χ0n) is 11.2. The van der Waals surface area contributed by atoms with Crippen molar-refractivity contribution in [2.75, 3.05) is 12.4 Å². The van der Waals surface area contributed by atoms with Gasteiger partial charge in [0, 0.05) is 22.3 Å². The zero-order valence-corrected chi connectivity index (χ0v) is 13.5. The molecule has 4 heteroatoms. The second-order valence-corrected chi connectivity index (χ2v) is 6.15. The summed E-state index contributed by atoms with van der Waals surface area (Å²) in [6, 6.07) is 15.7. The summed E-state index contributed by atoms with van der Waals surface area (Å²) in [5.41, 5.74) is 1.18. The van der Waals surface area contributed by atoms with Gasteiger partial charge in [0.1, 0.15) is 0 Å². The third kappa shape index (κ3) is 4.42. The summed E-state index contributed by atoms with van der Waals surface area (Å²) >= 11 is 13.9. The van der Waals surface area contributed by atoms with E-state index in [9.17, 15) is 0 Å². The van der Waals surface area contributed by atoms with Crippen molar-refractivity contribution < 1.29 is 4.74 Å². The molecule has 0 aliphatic heterocycles. The molecular weight excluding hydrogens is 311 g/mol. The molecule has 20 heavy (non-hydrogen) atoms. The van der Waals surface area contributed by atoms with Crippen molar-refractivity contribution in [3.63, 3.8) is 0 Å². The average molecular weight is 327 g/mol. The summed E-state index contributed by atoms with van der Waals surface area (Å²) in [5, 5.41) is 1.42. The molecule has 0 radical (unpaired) electrons. The molecule has 0 saturated carbocycles. The first-order valence-electron chi connectivity index (χ1n) is 6.45. The van der Waals surface area contributed by atoms with Crippen LogP contribution in [-0.4, -0.2) is 12.4 Å². The monoisotopic (exact) mass is 326 g/mol. The molecule has 0 amide bonds. The highest BCUT2D eigenvalue weighted by Crippen LogP contribution is 2.33. The molecule has 0 saturated heterocycles. The van der Waals surface area contributed by atoms with E-state index in [0.29, 0.717) is 11.6 Å². The second-order valence-electron chi connectivity index (χ2n) is 4.24. The SMILES string of the molecule is CCOC(CSc1cc(Cl)ccc1Cl)c1ccccc1. The molecular formula is C16H16Cl2OS. The second kappa shape index (κ2) is 7.94. The Bertz CT molecular complexity index is 545. The maximum Gasteiger partial charge on any atom is 0.0918 e. The van der Waals surface area contributed by atoms with Crippen LogP contribution in [0.15, 0.2) is 53.4 Å². The molecule has 1 nitrogen and oxygen atoms in total. The van der Waals surface area contributed by atoms with Crippen LogP contribution in [0.4, 0.5) is 0 Å². The van der Waals surface area contributed by atoms with E-state index in [2.05, 4.69) is 12.1 Å². The summed E-state index contributed by atoms with van der Waals surface area (Å²) in [6.07, 6.45) is 0.0567. The number of benzene rings is 2. The molecule has 0 aromatic heterocycles. The van der Waals surface area contributed by atoms with E-state index in [-0.39, 0.29) is 6.10 Å². The lowest BCUT2D eigenvalue weighted by Crippen LogP contribution is -2.07. The van der Waals surface area contributed by atoms with Gasteiger partial charge in [-0.2, -0.15) is 0 Å². The van der Waals surface area contributed by atoms with Crippen molar-refractivity contribution >= 4 is 35.0 Å². The maximum atomic E-state index is 6.18. The number of thioether (sulfide) groups is 1. The van der Waals surface area contributed by atoms with E-state index in [1.807, 2.05) is 37.3 Å². The standard InChI is InChI=1S/C16H16Cl2OS/c1-2-19-15(12-6-4-3-5-7-12)11-20-16-10-13(17)8-9-14(16)18/h3-10,15H,2,11H2,1H3. The van der Waals surface area contributed by atoms with Crippen molar-refractivity contribution in [2.24, 2.45) is 0 Å². The summed E-state index contributed by atoms with van der Waals surface area (Å²) in [4.78, 5) is 0.986. The van der Waals surface area contributed by atoms with Crippen molar-refractivity contribution in [2.45, 2.75) is 17.9 Å². The fourth-order valence-corrected chi connectivity index (χ4v) is 3.42. The van der Waals surface area contributed by atoms with Crippen LogP contribution in [-0.2, 0) is 4.74 Å². The summed E-state index contributed by atoms with van der Waals surface area (Å²) < 4.78 is 5.82. The molecule has 2 rings (SSSR count). The minimum Gasteiger partial charge on any atom is -0.373 e. The van der Waals surface area contributed by atoms with Crippen LogP contribution in [0.25, 0.3) is 0 Å². The van der Waals surface area contributed by atoms with Crippen LogP contribution in [0.1, 0.15) is 18.6 Å². The Kier molecular flexibility index (Phi) is 6.24. The fourth-order valence-electron chi connectivity index (χ4n) is 1.86. The molecule has 0 heterocycles. The van der Waals surface area contributed by atoms with E-state index >= 15 is 0 Å². The highest BCUT2D eigenvalue weighted by Gasteiger charge is 2.13. The quantitative estimate of drug-likeness (QED) is 0.614. The number of hydrogen-bond acceptors (Lipinski definition) is 2. The van der Waals surface area contributed by atoms with Crippen LogP contribution >= 0.6 is 35.0 Å². The largest absolute Gasteiger partial charge is 0.373 e. The van der Waals surface area contributed by atoms with Crippen LogP contribution < -0.4 is 0 Å². The van der Waals surface area contributed by atoms with Crippen molar-refractivity contribution in [1.82, 2.24) is 0 Å². The molecule has 106 valence electrons. The fraction of sp³-hybridized carbons (Fsp3) is 0.250. The minimum absolute atomic E-state index is 0.0567. The minimum atomic E-state index is 0.0567. The average Bonchev–Trinajstić information content (AvgIpc) is 2.47. The van der Waals surface area contributed by atoms with Gasteiger partial charge >= 0.3 is 0 Å². The first-order valence-corrected chi connectivity index (χ1v) is 8.19. The molecule has 0 N–H and O–H groups in total. The molecule has 1 unspecified atom stereocenters. The Hall–Kier alpha value is -0.670. The Morgan fingerprint density at radius 1 is 1.10 bits per heavy atom. The van der Waals surface area contributed by atoms with Gasteiger partial charge in [0.2, 0.25) is 0 Å². The lowest BCUT2D eigenvalue weighted by atomic mass is 10.1. The zero-order chi connectivity index (χ0) is 14.4. The van der Waals surface area contributed by atoms with Gasteiger partial charge in [-0.3, -0.25) is 0 Å². The van der Waals surface area contributed by atoms with E-state index in [0.717, 1.165) is 15.7 Å². The predicted molar refractivity (Wildman–Crippen MR) is 88.0 cm³/mol. The van der Waals surface area contributed by atoms with Crippen molar-refractivity contribution in [3.8, 4) is 0 Å². The number of halogens is 2. The van der Waals surface area contributed by atoms with Crippen LogP contribution in [0, 0.1) is 0 Å². The van der Waals surface area contributed by atoms with Gasteiger partial charge in [-0.1, -0.05) is 53.5 Å². The van der Waals surface area contributed by atoms with Gasteiger partial charge in [0.25, 0.3) is 0 Å². The molecule has 0 aliphatic carbocycles. The summed E-state index contributed by atoms with van der Waals surface area (Å²) in [7, 11) is 0. The number of rotatable bonds is 6.